The Labute approximate surface area is 202 Å². The van der Waals surface area contributed by atoms with Crippen molar-refractivity contribution in [2.75, 3.05) is 34.4 Å². The predicted molar refractivity (Wildman–Crippen MR) is 128 cm³/mol. The first-order valence-electron chi connectivity index (χ1n) is 10.6. The molecule has 0 aliphatic heterocycles. The van der Waals surface area contributed by atoms with Gasteiger partial charge in [-0.15, -0.1) is 15.3 Å². The lowest BCUT2D eigenvalue weighted by atomic mass is 10.2. The molecule has 2 aromatic carbocycles. The van der Waals surface area contributed by atoms with Crippen LogP contribution in [0.4, 0.5) is 0 Å². The summed E-state index contributed by atoms with van der Waals surface area (Å²) < 4.78 is 37.9. The largest absolute Gasteiger partial charge is 0.497 e. The Morgan fingerprint density at radius 1 is 1.06 bits per heavy atom. The summed E-state index contributed by atoms with van der Waals surface area (Å²) in [5, 5.41) is 15.5. The van der Waals surface area contributed by atoms with Gasteiger partial charge in [0, 0.05) is 31.3 Å². The van der Waals surface area contributed by atoms with E-state index in [1.54, 1.807) is 23.8 Å². The first kappa shape index (κ1) is 24.1. The fraction of sp³-hybridized carbons (Fsp3) is 0.217. The van der Waals surface area contributed by atoms with Crippen molar-refractivity contribution in [3.8, 4) is 23.0 Å². The quantitative estimate of drug-likeness (QED) is 0.348. The molecule has 0 atom stereocenters. The van der Waals surface area contributed by atoms with Gasteiger partial charge in [0.1, 0.15) is 12.4 Å². The number of carbonyl (C=O) groups excluding carboxylic acids is 1. The molecular formula is C23H24N6O5S. The van der Waals surface area contributed by atoms with Crippen molar-refractivity contribution in [2.45, 2.75) is 4.90 Å². The molecule has 0 bridgehead atoms. The van der Waals surface area contributed by atoms with Crippen molar-refractivity contribution in [3.63, 3.8) is 0 Å². The molecule has 35 heavy (non-hydrogen) atoms. The van der Waals surface area contributed by atoms with Gasteiger partial charge in [0.25, 0.3) is 5.91 Å². The van der Waals surface area contributed by atoms with Crippen molar-refractivity contribution < 1.29 is 22.7 Å². The number of carbonyl (C=O) groups is 1. The second-order valence-electron chi connectivity index (χ2n) is 7.61. The number of nitrogens with zero attached hydrogens (tertiary/aromatic N) is 5. The minimum atomic E-state index is -3.55. The molecule has 1 N–H and O–H groups in total. The maximum absolute atomic E-state index is 12.4. The molecule has 0 radical (unpaired) electrons. The number of ether oxygens (including phenoxy) is 2. The summed E-state index contributed by atoms with van der Waals surface area (Å²) in [5.74, 6) is 1.23. The summed E-state index contributed by atoms with van der Waals surface area (Å²) in [6.07, 6.45) is 0. The van der Waals surface area contributed by atoms with Gasteiger partial charge in [0.15, 0.2) is 11.5 Å². The normalized spacial score (nSPS) is 11.5. The fourth-order valence-corrected chi connectivity index (χ4v) is 4.10. The van der Waals surface area contributed by atoms with E-state index in [0.29, 0.717) is 28.7 Å². The smallest absolute Gasteiger partial charge is 0.251 e. The molecule has 0 unspecified atom stereocenters. The van der Waals surface area contributed by atoms with Crippen LogP contribution in [0.3, 0.4) is 0 Å². The summed E-state index contributed by atoms with van der Waals surface area (Å²) in [6, 6.07) is 16.6. The molecule has 182 valence electrons. The van der Waals surface area contributed by atoms with Gasteiger partial charge in [0.05, 0.1) is 18.6 Å². The number of rotatable bonds is 9. The zero-order valence-corrected chi connectivity index (χ0v) is 20.2. The second-order valence-corrected chi connectivity index (χ2v) is 9.77. The summed E-state index contributed by atoms with van der Waals surface area (Å²) in [5.41, 5.74) is 1.69. The maximum atomic E-state index is 12.4. The standard InChI is InChI=1S/C23H24N6O5S/c1-28(2)35(31,32)19-9-7-16(8-10-19)23(30)24-13-14-34-21-12-11-20-25-26-22(29(20)27-21)17-5-4-6-18(15-17)33-3/h4-12,15H,13-14H2,1-3H3,(H,24,30). The Bertz CT molecular complexity index is 1450. The van der Waals surface area contributed by atoms with E-state index in [2.05, 4.69) is 20.6 Å². The van der Waals surface area contributed by atoms with Gasteiger partial charge in [-0.05, 0) is 42.5 Å². The van der Waals surface area contributed by atoms with E-state index in [1.165, 1.54) is 38.4 Å². The van der Waals surface area contributed by atoms with Crippen LogP contribution in [0.2, 0.25) is 0 Å². The number of hydrogen-bond acceptors (Lipinski definition) is 8. The van der Waals surface area contributed by atoms with E-state index < -0.39 is 10.0 Å². The van der Waals surface area contributed by atoms with Crippen molar-refractivity contribution in [3.05, 3.63) is 66.2 Å². The van der Waals surface area contributed by atoms with E-state index in [0.717, 1.165) is 9.87 Å². The van der Waals surface area contributed by atoms with E-state index in [1.807, 2.05) is 24.3 Å². The highest BCUT2D eigenvalue weighted by atomic mass is 32.2. The molecule has 2 aromatic heterocycles. The summed E-state index contributed by atoms with van der Waals surface area (Å²) in [4.78, 5) is 12.5. The zero-order valence-electron chi connectivity index (χ0n) is 19.4. The number of aromatic nitrogens is 4. The monoisotopic (exact) mass is 496 g/mol. The minimum absolute atomic E-state index is 0.117. The summed E-state index contributed by atoms with van der Waals surface area (Å²) >= 11 is 0. The van der Waals surface area contributed by atoms with Crippen molar-refractivity contribution in [1.82, 2.24) is 29.4 Å². The number of fused-ring (bicyclic) bond motifs is 1. The molecule has 0 saturated carbocycles. The number of hydrogen-bond donors (Lipinski definition) is 1. The van der Waals surface area contributed by atoms with Gasteiger partial charge in [-0.2, -0.15) is 4.52 Å². The Hall–Kier alpha value is -4.03. The molecule has 4 rings (SSSR count). The van der Waals surface area contributed by atoms with Crippen LogP contribution in [-0.4, -0.2) is 72.8 Å². The van der Waals surface area contributed by atoms with Gasteiger partial charge in [0.2, 0.25) is 15.9 Å². The average Bonchev–Trinajstić information content (AvgIpc) is 3.30. The van der Waals surface area contributed by atoms with Crippen LogP contribution in [-0.2, 0) is 10.0 Å². The average molecular weight is 497 g/mol. The van der Waals surface area contributed by atoms with E-state index in [9.17, 15) is 13.2 Å². The van der Waals surface area contributed by atoms with Crippen molar-refractivity contribution in [2.24, 2.45) is 0 Å². The third-order valence-corrected chi connectivity index (χ3v) is 6.93. The molecule has 4 aromatic rings. The third-order valence-electron chi connectivity index (χ3n) is 5.10. The topological polar surface area (TPSA) is 128 Å². The van der Waals surface area contributed by atoms with Crippen LogP contribution in [0.25, 0.3) is 17.0 Å². The lowest BCUT2D eigenvalue weighted by Crippen LogP contribution is -2.28. The van der Waals surface area contributed by atoms with E-state index >= 15 is 0 Å². The lowest BCUT2D eigenvalue weighted by Gasteiger charge is -2.12. The highest BCUT2D eigenvalue weighted by Crippen LogP contribution is 2.23. The SMILES string of the molecule is COc1cccc(-c2nnc3ccc(OCCNC(=O)c4ccc(S(=O)(=O)N(C)C)cc4)nn23)c1. The van der Waals surface area contributed by atoms with Crippen LogP contribution in [0.1, 0.15) is 10.4 Å². The summed E-state index contributed by atoms with van der Waals surface area (Å²) in [6.45, 7) is 0.398. The van der Waals surface area contributed by atoms with Crippen LogP contribution in [0.5, 0.6) is 11.6 Å². The molecule has 2 heterocycles. The Balaban J connectivity index is 1.37. The third kappa shape index (κ3) is 5.23. The number of amides is 1. The predicted octanol–water partition coefficient (Wildman–Crippen LogP) is 1.86. The number of sulfonamides is 1. The van der Waals surface area contributed by atoms with Gasteiger partial charge >= 0.3 is 0 Å². The van der Waals surface area contributed by atoms with Gasteiger partial charge in [-0.3, -0.25) is 4.79 Å². The number of methoxy groups -OCH3 is 1. The minimum Gasteiger partial charge on any atom is -0.497 e. The maximum Gasteiger partial charge on any atom is 0.251 e. The van der Waals surface area contributed by atoms with Gasteiger partial charge in [-0.25, -0.2) is 12.7 Å². The van der Waals surface area contributed by atoms with Gasteiger partial charge in [-0.1, -0.05) is 12.1 Å². The lowest BCUT2D eigenvalue weighted by molar-refractivity contribution is 0.0946. The molecule has 12 heteroatoms. The van der Waals surface area contributed by atoms with Crippen LogP contribution >= 0.6 is 0 Å². The van der Waals surface area contributed by atoms with Gasteiger partial charge < -0.3 is 14.8 Å². The molecule has 11 nitrogen and oxygen atoms in total. The molecule has 0 aliphatic carbocycles. The van der Waals surface area contributed by atoms with Crippen molar-refractivity contribution >= 4 is 21.6 Å². The Kier molecular flexibility index (Phi) is 6.94. The van der Waals surface area contributed by atoms with Crippen molar-refractivity contribution in [1.29, 1.82) is 0 Å². The Morgan fingerprint density at radius 3 is 2.54 bits per heavy atom. The van der Waals surface area contributed by atoms with Crippen LogP contribution < -0.4 is 14.8 Å². The number of nitrogens with one attached hydrogen (secondary N) is 1. The van der Waals surface area contributed by atoms with Crippen LogP contribution in [0.15, 0.2) is 65.6 Å². The molecule has 0 saturated heterocycles. The highest BCUT2D eigenvalue weighted by Gasteiger charge is 2.17. The molecule has 0 spiro atoms. The molecule has 0 aliphatic rings. The highest BCUT2D eigenvalue weighted by molar-refractivity contribution is 7.89. The van der Waals surface area contributed by atoms with Crippen LogP contribution in [0, 0.1) is 0 Å². The second kappa shape index (κ2) is 10.1. The molecule has 0 fully saturated rings. The summed E-state index contributed by atoms with van der Waals surface area (Å²) in [7, 11) is 0.942. The zero-order chi connectivity index (χ0) is 25.0. The first-order valence-corrected chi connectivity index (χ1v) is 12.0. The molecule has 1 amide bonds. The first-order chi connectivity index (χ1) is 16.8. The fourth-order valence-electron chi connectivity index (χ4n) is 3.20. The van der Waals surface area contributed by atoms with E-state index in [-0.39, 0.29) is 24.0 Å². The Morgan fingerprint density at radius 2 is 1.83 bits per heavy atom. The molecular weight excluding hydrogens is 472 g/mol. The number of benzene rings is 2. The van der Waals surface area contributed by atoms with E-state index in [4.69, 9.17) is 9.47 Å².